The van der Waals surface area contributed by atoms with Gasteiger partial charge in [0.05, 0.1) is 18.9 Å². The molecule has 0 N–H and O–H groups in total. The highest BCUT2D eigenvalue weighted by molar-refractivity contribution is 5.92. The third-order valence-electron chi connectivity index (χ3n) is 5.40. The lowest BCUT2D eigenvalue weighted by atomic mass is 9.76. The van der Waals surface area contributed by atoms with E-state index in [4.69, 9.17) is 9.47 Å². The fourth-order valence-corrected chi connectivity index (χ4v) is 3.85. The van der Waals surface area contributed by atoms with Crippen molar-refractivity contribution in [3.05, 3.63) is 42.5 Å². The predicted octanol–water partition coefficient (Wildman–Crippen LogP) is 1.91. The fraction of sp³-hybridized carbons (Fsp3) is 0.526. The number of carbonyl (C=O) groups excluding carboxylic acids is 1. The molecule has 0 aromatic carbocycles. The number of likely N-dealkylation sites (tertiary alicyclic amines) is 1. The van der Waals surface area contributed by atoms with E-state index in [1.807, 2.05) is 24.1 Å². The number of pyridine rings is 1. The van der Waals surface area contributed by atoms with Gasteiger partial charge < -0.3 is 14.4 Å². The Morgan fingerprint density at radius 1 is 1.38 bits per heavy atom. The Morgan fingerprint density at radius 3 is 2.92 bits per heavy atom. The molecule has 138 valence electrons. The normalized spacial score (nSPS) is 21.9. The first kappa shape index (κ1) is 17.0. The zero-order valence-electron chi connectivity index (χ0n) is 15.0. The van der Waals surface area contributed by atoms with Gasteiger partial charge in [-0.05, 0) is 42.9 Å². The maximum absolute atomic E-state index is 12.5. The number of aryl methyl sites for hydroxylation is 1. The highest BCUT2D eigenvalue weighted by atomic mass is 16.5. The Morgan fingerprint density at radius 2 is 2.23 bits per heavy atom. The van der Waals surface area contributed by atoms with Crippen molar-refractivity contribution >= 4 is 5.91 Å². The summed E-state index contributed by atoms with van der Waals surface area (Å²) in [6.07, 6.45) is 8.27. The second kappa shape index (κ2) is 7.07. The van der Waals surface area contributed by atoms with Crippen molar-refractivity contribution in [1.82, 2.24) is 19.7 Å². The van der Waals surface area contributed by atoms with Gasteiger partial charge in [0.2, 0.25) is 0 Å². The summed E-state index contributed by atoms with van der Waals surface area (Å²) < 4.78 is 13.4. The van der Waals surface area contributed by atoms with Crippen molar-refractivity contribution in [2.24, 2.45) is 12.5 Å². The van der Waals surface area contributed by atoms with Crippen LogP contribution in [0.25, 0.3) is 0 Å². The number of amides is 1. The minimum Gasteiger partial charge on any atom is -0.489 e. The van der Waals surface area contributed by atoms with Gasteiger partial charge in [-0.2, -0.15) is 5.10 Å². The summed E-state index contributed by atoms with van der Waals surface area (Å²) >= 11 is 0. The van der Waals surface area contributed by atoms with Crippen LogP contribution >= 0.6 is 0 Å². The van der Waals surface area contributed by atoms with Gasteiger partial charge in [-0.15, -0.1) is 0 Å². The smallest absolute Gasteiger partial charge is 0.274 e. The molecule has 2 saturated heterocycles. The second-order valence-corrected chi connectivity index (χ2v) is 7.30. The van der Waals surface area contributed by atoms with Crippen LogP contribution in [0.5, 0.6) is 5.75 Å². The van der Waals surface area contributed by atoms with Crippen LogP contribution in [0, 0.1) is 5.41 Å². The van der Waals surface area contributed by atoms with Crippen LogP contribution in [-0.4, -0.2) is 58.0 Å². The van der Waals surface area contributed by atoms with Crippen molar-refractivity contribution < 1.29 is 14.3 Å². The Kier molecular flexibility index (Phi) is 4.63. The topological polar surface area (TPSA) is 69.5 Å². The van der Waals surface area contributed by atoms with Crippen LogP contribution in [0.1, 0.15) is 29.8 Å². The van der Waals surface area contributed by atoms with Gasteiger partial charge in [-0.3, -0.25) is 14.5 Å². The Bertz CT molecular complexity index is 753. The number of rotatable bonds is 4. The molecule has 7 nitrogen and oxygen atoms in total. The lowest BCUT2D eigenvalue weighted by Crippen LogP contribution is -2.43. The van der Waals surface area contributed by atoms with Gasteiger partial charge >= 0.3 is 0 Å². The number of piperidine rings is 1. The maximum Gasteiger partial charge on any atom is 0.274 e. The van der Waals surface area contributed by atoms with Gasteiger partial charge in [-0.25, -0.2) is 0 Å². The molecule has 1 spiro atoms. The molecule has 4 rings (SSSR count). The van der Waals surface area contributed by atoms with Crippen molar-refractivity contribution in [3.8, 4) is 5.75 Å². The van der Waals surface area contributed by atoms with E-state index in [0.717, 1.165) is 44.7 Å². The summed E-state index contributed by atoms with van der Waals surface area (Å²) in [7, 11) is 1.82. The molecule has 2 aromatic rings. The Hall–Kier alpha value is -2.41. The molecule has 2 fully saturated rings. The molecule has 1 atom stereocenters. The molecule has 26 heavy (non-hydrogen) atoms. The van der Waals surface area contributed by atoms with E-state index in [0.29, 0.717) is 12.3 Å². The van der Waals surface area contributed by atoms with E-state index in [1.165, 1.54) is 0 Å². The molecule has 2 aliphatic heterocycles. The number of aromatic nitrogens is 3. The van der Waals surface area contributed by atoms with Gasteiger partial charge in [-0.1, -0.05) is 0 Å². The third-order valence-corrected chi connectivity index (χ3v) is 5.40. The number of ether oxygens (including phenoxy) is 2. The van der Waals surface area contributed by atoms with Gasteiger partial charge in [0.1, 0.15) is 18.1 Å². The van der Waals surface area contributed by atoms with E-state index >= 15 is 0 Å². The Balaban J connectivity index is 1.28. The van der Waals surface area contributed by atoms with Gasteiger partial charge in [0.25, 0.3) is 5.91 Å². The molecule has 7 heteroatoms. The zero-order chi connectivity index (χ0) is 18.0. The van der Waals surface area contributed by atoms with Crippen LogP contribution in [0.4, 0.5) is 0 Å². The third kappa shape index (κ3) is 3.58. The fourth-order valence-electron chi connectivity index (χ4n) is 3.85. The van der Waals surface area contributed by atoms with E-state index in [1.54, 1.807) is 29.3 Å². The highest BCUT2D eigenvalue weighted by Gasteiger charge is 2.43. The SMILES string of the molecule is Cn1ccc(C(=O)N2CCC3(CC2)CO[C@@H](COc2cccnc2)C3)n1. The van der Waals surface area contributed by atoms with Crippen LogP contribution in [-0.2, 0) is 11.8 Å². The zero-order valence-corrected chi connectivity index (χ0v) is 15.0. The lowest BCUT2D eigenvalue weighted by Gasteiger charge is -2.38. The molecule has 0 saturated carbocycles. The largest absolute Gasteiger partial charge is 0.489 e. The molecule has 0 unspecified atom stereocenters. The number of carbonyl (C=O) groups is 1. The average Bonchev–Trinajstić information content (AvgIpc) is 3.28. The first-order valence-electron chi connectivity index (χ1n) is 9.07. The molecular formula is C19H24N4O3. The quantitative estimate of drug-likeness (QED) is 0.837. The van der Waals surface area contributed by atoms with E-state index in [2.05, 4.69) is 10.1 Å². The second-order valence-electron chi connectivity index (χ2n) is 7.30. The minimum atomic E-state index is 0.0239. The van der Waals surface area contributed by atoms with Crippen LogP contribution in [0.2, 0.25) is 0 Å². The van der Waals surface area contributed by atoms with Crippen molar-refractivity contribution in [2.45, 2.75) is 25.4 Å². The van der Waals surface area contributed by atoms with Crippen molar-refractivity contribution in [2.75, 3.05) is 26.3 Å². The maximum atomic E-state index is 12.5. The van der Waals surface area contributed by atoms with Gasteiger partial charge in [0, 0.05) is 32.5 Å². The van der Waals surface area contributed by atoms with E-state index < -0.39 is 0 Å². The molecular weight excluding hydrogens is 332 g/mol. The van der Waals surface area contributed by atoms with Crippen molar-refractivity contribution in [1.29, 1.82) is 0 Å². The lowest BCUT2D eigenvalue weighted by molar-refractivity contribution is 0.0424. The molecule has 1 amide bonds. The summed E-state index contributed by atoms with van der Waals surface area (Å²) in [6.45, 7) is 2.81. The van der Waals surface area contributed by atoms with Crippen LogP contribution < -0.4 is 4.74 Å². The van der Waals surface area contributed by atoms with Crippen LogP contribution in [0.3, 0.4) is 0 Å². The molecule has 0 aliphatic carbocycles. The summed E-state index contributed by atoms with van der Waals surface area (Å²) in [5.74, 6) is 0.795. The monoisotopic (exact) mass is 356 g/mol. The minimum absolute atomic E-state index is 0.0239. The van der Waals surface area contributed by atoms with E-state index in [9.17, 15) is 4.79 Å². The molecule has 2 aromatic heterocycles. The summed E-state index contributed by atoms with van der Waals surface area (Å²) in [4.78, 5) is 18.5. The molecule has 4 heterocycles. The van der Waals surface area contributed by atoms with Crippen LogP contribution in [0.15, 0.2) is 36.8 Å². The average molecular weight is 356 g/mol. The number of nitrogens with zero attached hydrogens (tertiary/aromatic N) is 4. The van der Waals surface area contributed by atoms with Crippen molar-refractivity contribution in [3.63, 3.8) is 0 Å². The summed E-state index contributed by atoms with van der Waals surface area (Å²) in [5.41, 5.74) is 0.693. The standard InChI is InChI=1S/C19H24N4O3/c1-22-8-4-17(21-22)18(24)23-9-5-19(6-10-23)11-16(26-14-19)13-25-15-3-2-7-20-12-15/h2-4,7-8,12,16H,5-6,9-11,13-14H2,1H3/t16-/m1/s1. The summed E-state index contributed by atoms with van der Waals surface area (Å²) in [5, 5.41) is 4.22. The molecule has 0 radical (unpaired) electrons. The number of hydrogen-bond donors (Lipinski definition) is 0. The molecule has 0 bridgehead atoms. The summed E-state index contributed by atoms with van der Waals surface area (Å²) in [6, 6.07) is 5.54. The predicted molar refractivity (Wildman–Crippen MR) is 94.9 cm³/mol. The van der Waals surface area contributed by atoms with Gasteiger partial charge in [0.15, 0.2) is 0 Å². The highest BCUT2D eigenvalue weighted by Crippen LogP contribution is 2.42. The first-order chi connectivity index (χ1) is 12.6. The molecule has 2 aliphatic rings. The first-order valence-corrected chi connectivity index (χ1v) is 9.07. The number of hydrogen-bond acceptors (Lipinski definition) is 5. The Labute approximate surface area is 152 Å². The van der Waals surface area contributed by atoms with E-state index in [-0.39, 0.29) is 17.4 Å².